The summed E-state index contributed by atoms with van der Waals surface area (Å²) in [4.78, 5) is 4.19. The number of hydrogen-bond acceptors (Lipinski definition) is 3. The second kappa shape index (κ2) is 6.91. The molecule has 0 radical (unpaired) electrons. The zero-order chi connectivity index (χ0) is 15.3. The molecule has 0 aliphatic heterocycles. The number of sulfonamides is 1. The highest BCUT2D eigenvalue weighted by atomic mass is 35.5. The summed E-state index contributed by atoms with van der Waals surface area (Å²) >= 11 is 5.69. The molecule has 6 heteroatoms. The Balaban J connectivity index is 2.35. The van der Waals surface area contributed by atoms with Crippen molar-refractivity contribution in [2.24, 2.45) is 0 Å². The van der Waals surface area contributed by atoms with Gasteiger partial charge in [-0.2, -0.15) is 0 Å². The van der Waals surface area contributed by atoms with Crippen molar-refractivity contribution in [3.63, 3.8) is 0 Å². The minimum Gasteiger partial charge on any atom is -0.267 e. The minimum atomic E-state index is -3.56. The molecule has 1 heterocycles. The molecule has 1 aromatic heterocycles. The molecular weight excluding hydrogens is 308 g/mol. The topological polar surface area (TPSA) is 50.3 Å². The van der Waals surface area contributed by atoms with E-state index < -0.39 is 10.0 Å². The standard InChI is InChI=1S/C15H17ClN2O2S/c1-2-18(14-8-11-17-12-9-14)21(19,20)15-5-3-13(4-6-15)7-10-16/h3-6,8-9,11-12H,2,7,10H2,1H3. The van der Waals surface area contributed by atoms with Crippen molar-refractivity contribution in [3.05, 3.63) is 54.4 Å². The molecule has 1 aromatic carbocycles. The first-order valence-corrected chi connectivity index (χ1v) is 8.64. The average Bonchev–Trinajstić information content (AvgIpc) is 2.50. The van der Waals surface area contributed by atoms with Crippen LogP contribution in [0.3, 0.4) is 0 Å². The number of anilines is 1. The predicted octanol–water partition coefficient (Wildman–Crippen LogP) is 3.08. The van der Waals surface area contributed by atoms with E-state index in [4.69, 9.17) is 11.6 Å². The van der Waals surface area contributed by atoms with E-state index in [0.29, 0.717) is 18.1 Å². The fraction of sp³-hybridized carbons (Fsp3) is 0.267. The van der Waals surface area contributed by atoms with Gasteiger partial charge in [-0.15, -0.1) is 11.6 Å². The average molecular weight is 325 g/mol. The minimum absolute atomic E-state index is 0.277. The van der Waals surface area contributed by atoms with Crippen LogP contribution in [0.4, 0.5) is 5.69 Å². The molecule has 0 spiro atoms. The van der Waals surface area contributed by atoms with Crippen LogP contribution in [-0.2, 0) is 16.4 Å². The van der Waals surface area contributed by atoms with Gasteiger partial charge in [0.25, 0.3) is 10.0 Å². The van der Waals surface area contributed by atoms with E-state index in [1.54, 1.807) is 55.7 Å². The van der Waals surface area contributed by atoms with Crippen molar-refractivity contribution in [1.82, 2.24) is 4.98 Å². The number of pyridine rings is 1. The number of rotatable bonds is 6. The van der Waals surface area contributed by atoms with E-state index in [1.807, 2.05) is 0 Å². The molecule has 112 valence electrons. The fourth-order valence-corrected chi connectivity index (χ4v) is 3.76. The number of alkyl halides is 1. The van der Waals surface area contributed by atoms with Crippen LogP contribution in [-0.4, -0.2) is 25.8 Å². The van der Waals surface area contributed by atoms with Crippen LogP contribution in [0.2, 0.25) is 0 Å². The lowest BCUT2D eigenvalue weighted by Crippen LogP contribution is -2.30. The van der Waals surface area contributed by atoms with Gasteiger partial charge >= 0.3 is 0 Å². The van der Waals surface area contributed by atoms with E-state index in [9.17, 15) is 8.42 Å². The third-order valence-electron chi connectivity index (χ3n) is 3.13. The van der Waals surface area contributed by atoms with E-state index in [-0.39, 0.29) is 4.90 Å². The SMILES string of the molecule is CCN(c1ccncc1)S(=O)(=O)c1ccc(CCCl)cc1. The molecule has 0 saturated heterocycles. The number of hydrogen-bond donors (Lipinski definition) is 0. The first-order chi connectivity index (χ1) is 10.1. The van der Waals surface area contributed by atoms with E-state index in [1.165, 1.54) is 4.31 Å². The number of aryl methyl sites for hydroxylation is 1. The molecule has 0 saturated carbocycles. The molecule has 0 atom stereocenters. The van der Waals surface area contributed by atoms with Crippen molar-refractivity contribution >= 4 is 27.3 Å². The Hall–Kier alpha value is -1.59. The number of aromatic nitrogens is 1. The van der Waals surface area contributed by atoms with Gasteiger partial charge < -0.3 is 0 Å². The lowest BCUT2D eigenvalue weighted by Gasteiger charge is -2.22. The highest BCUT2D eigenvalue weighted by Gasteiger charge is 2.23. The maximum absolute atomic E-state index is 12.7. The summed E-state index contributed by atoms with van der Waals surface area (Å²) in [5.74, 6) is 0.518. The number of nitrogens with zero attached hydrogens (tertiary/aromatic N) is 2. The molecular formula is C15H17ClN2O2S. The van der Waals surface area contributed by atoms with Crippen LogP contribution < -0.4 is 4.31 Å². The maximum atomic E-state index is 12.7. The summed E-state index contributed by atoms with van der Waals surface area (Å²) in [6.45, 7) is 2.16. The van der Waals surface area contributed by atoms with Gasteiger partial charge in [-0.1, -0.05) is 12.1 Å². The molecule has 0 amide bonds. The summed E-state index contributed by atoms with van der Waals surface area (Å²) in [5, 5.41) is 0. The molecule has 0 aliphatic rings. The molecule has 2 aromatic rings. The zero-order valence-corrected chi connectivity index (χ0v) is 13.3. The van der Waals surface area contributed by atoms with Crippen molar-refractivity contribution < 1.29 is 8.42 Å². The third kappa shape index (κ3) is 3.54. The Morgan fingerprint density at radius 3 is 2.24 bits per heavy atom. The predicted molar refractivity (Wildman–Crippen MR) is 85.3 cm³/mol. The van der Waals surface area contributed by atoms with Crippen molar-refractivity contribution in [2.75, 3.05) is 16.7 Å². The highest BCUT2D eigenvalue weighted by molar-refractivity contribution is 7.92. The largest absolute Gasteiger partial charge is 0.267 e. The Morgan fingerprint density at radius 1 is 1.10 bits per heavy atom. The van der Waals surface area contributed by atoms with E-state index >= 15 is 0 Å². The van der Waals surface area contributed by atoms with E-state index in [2.05, 4.69) is 4.98 Å². The second-order valence-corrected chi connectivity index (χ2v) is 6.70. The Kier molecular flexibility index (Phi) is 5.20. The second-order valence-electron chi connectivity index (χ2n) is 4.46. The normalized spacial score (nSPS) is 11.3. The van der Waals surface area contributed by atoms with Crippen LogP contribution in [0.1, 0.15) is 12.5 Å². The number of benzene rings is 1. The van der Waals surface area contributed by atoms with Gasteiger partial charge in [-0.25, -0.2) is 8.42 Å². The first-order valence-electron chi connectivity index (χ1n) is 6.67. The molecule has 21 heavy (non-hydrogen) atoms. The van der Waals surface area contributed by atoms with Gasteiger partial charge in [-0.3, -0.25) is 9.29 Å². The van der Waals surface area contributed by atoms with E-state index in [0.717, 1.165) is 12.0 Å². The fourth-order valence-electron chi connectivity index (χ4n) is 2.07. The van der Waals surface area contributed by atoms with Crippen LogP contribution in [0.25, 0.3) is 0 Å². The van der Waals surface area contributed by atoms with Gasteiger partial charge in [0.2, 0.25) is 0 Å². The molecule has 2 rings (SSSR count). The molecule has 0 unspecified atom stereocenters. The van der Waals surface area contributed by atoms with Crippen LogP contribution in [0.15, 0.2) is 53.7 Å². The van der Waals surface area contributed by atoms with Gasteiger partial charge in [0.15, 0.2) is 0 Å². The Bertz CT molecular complexity index is 673. The molecule has 0 aliphatic carbocycles. The summed E-state index contributed by atoms with van der Waals surface area (Å²) in [6.07, 6.45) is 3.89. The number of halogens is 1. The van der Waals surface area contributed by atoms with Gasteiger partial charge in [0.05, 0.1) is 10.6 Å². The van der Waals surface area contributed by atoms with Crippen molar-refractivity contribution in [2.45, 2.75) is 18.2 Å². The van der Waals surface area contributed by atoms with Gasteiger partial charge in [-0.05, 0) is 43.2 Å². The summed E-state index contributed by atoms with van der Waals surface area (Å²) in [7, 11) is -3.56. The Labute approximate surface area is 130 Å². The summed E-state index contributed by atoms with van der Waals surface area (Å²) < 4.78 is 26.8. The lowest BCUT2D eigenvalue weighted by atomic mass is 10.2. The maximum Gasteiger partial charge on any atom is 0.264 e. The summed E-state index contributed by atoms with van der Waals surface area (Å²) in [6, 6.07) is 10.2. The highest BCUT2D eigenvalue weighted by Crippen LogP contribution is 2.23. The van der Waals surface area contributed by atoms with Gasteiger partial charge in [0.1, 0.15) is 0 Å². The smallest absolute Gasteiger partial charge is 0.264 e. The monoisotopic (exact) mass is 324 g/mol. The molecule has 4 nitrogen and oxygen atoms in total. The van der Waals surface area contributed by atoms with Crippen LogP contribution in [0.5, 0.6) is 0 Å². The lowest BCUT2D eigenvalue weighted by molar-refractivity contribution is 0.592. The molecule has 0 fully saturated rings. The first kappa shape index (κ1) is 15.8. The Morgan fingerprint density at radius 2 is 1.71 bits per heavy atom. The van der Waals surface area contributed by atoms with Crippen LogP contribution >= 0.6 is 11.6 Å². The van der Waals surface area contributed by atoms with Crippen molar-refractivity contribution in [1.29, 1.82) is 0 Å². The zero-order valence-electron chi connectivity index (χ0n) is 11.7. The quantitative estimate of drug-likeness (QED) is 0.767. The molecule has 0 N–H and O–H groups in total. The van der Waals surface area contributed by atoms with Gasteiger partial charge in [0, 0.05) is 24.8 Å². The van der Waals surface area contributed by atoms with Crippen LogP contribution in [0, 0.1) is 0 Å². The molecule has 0 bridgehead atoms. The third-order valence-corrected chi connectivity index (χ3v) is 5.24. The van der Waals surface area contributed by atoms with Crippen molar-refractivity contribution in [3.8, 4) is 0 Å². The summed E-state index contributed by atoms with van der Waals surface area (Å²) in [5.41, 5.74) is 1.63.